The van der Waals surface area contributed by atoms with Crippen LogP contribution in [-0.2, 0) is 16.5 Å². The van der Waals surface area contributed by atoms with E-state index in [1.54, 1.807) is 20.8 Å². The van der Waals surface area contributed by atoms with Crippen molar-refractivity contribution < 1.29 is 31.8 Å². The fraction of sp³-hybridized carbons (Fsp3) is 1.00. The van der Waals surface area contributed by atoms with Crippen molar-refractivity contribution in [2.45, 2.75) is 20.8 Å². The number of rotatable bonds is 0. The van der Waals surface area contributed by atoms with E-state index < -0.39 is 0 Å². The Morgan fingerprint density at radius 3 is 0.700 bits per heavy atom. The normalized spacial score (nSPS) is 5.40. The molecule has 1 radical (unpaired) electrons. The van der Waals surface area contributed by atoms with Crippen LogP contribution in [0.2, 0.25) is 0 Å². The average molecular weight is 194 g/mol. The topological polar surface area (TPSA) is 69.2 Å². The molecule has 0 bridgehead atoms. The molecule has 0 saturated carbocycles. The van der Waals surface area contributed by atoms with Crippen LogP contribution in [0.5, 0.6) is 0 Å². The van der Waals surface area contributed by atoms with E-state index in [0.717, 1.165) is 0 Å². The van der Waals surface area contributed by atoms with Crippen LogP contribution in [0.4, 0.5) is 0 Å². The summed E-state index contributed by atoms with van der Waals surface area (Å²) in [5, 5.41) is 26.8. The summed E-state index contributed by atoms with van der Waals surface area (Å²) in [7, 11) is 0. The molecule has 0 amide bonds. The van der Waals surface area contributed by atoms with Gasteiger partial charge in [0.05, 0.1) is 0 Å². The van der Waals surface area contributed by atoms with Gasteiger partial charge in [0, 0.05) is 0 Å². The van der Waals surface area contributed by atoms with Crippen molar-refractivity contribution in [3.05, 3.63) is 0 Å². The van der Waals surface area contributed by atoms with Crippen LogP contribution in [0, 0.1) is 0 Å². The number of hydrogen-bond donors (Lipinski definition) is 0. The van der Waals surface area contributed by atoms with Crippen LogP contribution in [0.15, 0.2) is 0 Å². The Hall–Kier alpha value is 0.374. The summed E-state index contributed by atoms with van der Waals surface area (Å²) in [6, 6.07) is 0. The van der Waals surface area contributed by atoms with E-state index in [4.69, 9.17) is 15.3 Å². The molecule has 3 nitrogen and oxygen atoms in total. The zero-order valence-electron chi connectivity index (χ0n) is 6.66. The maximum atomic E-state index is 8.93. The fourth-order valence-corrected chi connectivity index (χ4v) is 0. The molecule has 4 heteroatoms. The molecule has 0 unspecified atom stereocenters. The predicted octanol–water partition coefficient (Wildman–Crippen LogP) is -1.90. The predicted molar refractivity (Wildman–Crippen MR) is 31.6 cm³/mol. The minimum atomic E-state index is 0. The van der Waals surface area contributed by atoms with Crippen molar-refractivity contribution in [1.82, 2.24) is 0 Å². The third kappa shape index (κ3) is 3260. The Balaban J connectivity index is -0.0000000257. The SMILES string of the molecule is CC[O-].CC[O-].CC[O-].[Ni+3]. The van der Waals surface area contributed by atoms with Gasteiger partial charge >= 0.3 is 16.5 Å². The van der Waals surface area contributed by atoms with E-state index in [1.807, 2.05) is 0 Å². The molecule has 0 aromatic carbocycles. The van der Waals surface area contributed by atoms with Gasteiger partial charge in [-0.15, -0.1) is 19.8 Å². The molecular formula is C6H15NiO3. The smallest absolute Gasteiger partial charge is 0.855 e. The van der Waals surface area contributed by atoms with E-state index in [2.05, 4.69) is 0 Å². The summed E-state index contributed by atoms with van der Waals surface area (Å²) in [6.07, 6.45) is 0. The molecular weight excluding hydrogens is 179 g/mol. The fourth-order valence-electron chi connectivity index (χ4n) is 0. The third-order valence-electron chi connectivity index (χ3n) is 0. The first-order valence-electron chi connectivity index (χ1n) is 2.99. The van der Waals surface area contributed by atoms with Gasteiger partial charge in [-0.25, -0.2) is 0 Å². The monoisotopic (exact) mass is 193 g/mol. The first kappa shape index (κ1) is 22.4. The summed E-state index contributed by atoms with van der Waals surface area (Å²) < 4.78 is 0. The van der Waals surface area contributed by atoms with Crippen molar-refractivity contribution in [3.63, 3.8) is 0 Å². The molecule has 10 heavy (non-hydrogen) atoms. The van der Waals surface area contributed by atoms with Gasteiger partial charge in [0.25, 0.3) is 0 Å². The van der Waals surface area contributed by atoms with Crippen molar-refractivity contribution in [3.8, 4) is 0 Å². The summed E-state index contributed by atoms with van der Waals surface area (Å²) in [5.74, 6) is 0. The summed E-state index contributed by atoms with van der Waals surface area (Å²) in [4.78, 5) is 0. The van der Waals surface area contributed by atoms with Crippen molar-refractivity contribution >= 4 is 0 Å². The molecule has 0 aromatic heterocycles. The molecule has 0 rings (SSSR count). The molecule has 0 aliphatic carbocycles. The molecule has 67 valence electrons. The molecule has 0 N–H and O–H groups in total. The third-order valence-corrected chi connectivity index (χ3v) is 0. The van der Waals surface area contributed by atoms with E-state index >= 15 is 0 Å². The van der Waals surface area contributed by atoms with Gasteiger partial charge in [-0.3, -0.25) is 0 Å². The standard InChI is InChI=1S/3C2H5O.Ni/c3*1-2-3;/h3*2H2,1H3;/q3*-1;+3. The van der Waals surface area contributed by atoms with Crippen LogP contribution >= 0.6 is 0 Å². The van der Waals surface area contributed by atoms with Crippen molar-refractivity contribution in [1.29, 1.82) is 0 Å². The van der Waals surface area contributed by atoms with Gasteiger partial charge in [-0.05, 0) is 0 Å². The molecule has 0 atom stereocenters. The average Bonchev–Trinajstić information content (AvgIpc) is 1.70. The van der Waals surface area contributed by atoms with Crippen LogP contribution < -0.4 is 15.3 Å². The first-order chi connectivity index (χ1) is 4.24. The molecule has 0 aliphatic heterocycles. The zero-order valence-corrected chi connectivity index (χ0v) is 7.65. The van der Waals surface area contributed by atoms with Gasteiger partial charge in [0.15, 0.2) is 0 Å². The Morgan fingerprint density at radius 2 is 0.700 bits per heavy atom. The van der Waals surface area contributed by atoms with Gasteiger partial charge < -0.3 is 15.3 Å². The molecule has 0 fully saturated rings. The summed E-state index contributed by atoms with van der Waals surface area (Å²) in [5.41, 5.74) is 0. The Bertz CT molecular complexity index is 17.7. The molecule has 0 spiro atoms. The van der Waals surface area contributed by atoms with E-state index in [-0.39, 0.29) is 36.3 Å². The first-order valence-corrected chi connectivity index (χ1v) is 2.99. The minimum Gasteiger partial charge on any atom is -0.855 e. The Labute approximate surface area is 73.0 Å². The van der Waals surface area contributed by atoms with Gasteiger partial charge in [-0.1, -0.05) is 20.8 Å². The second-order valence-electron chi connectivity index (χ2n) is 0.866. The molecule has 0 aromatic rings. The number of hydrogen-bond acceptors (Lipinski definition) is 3. The van der Waals surface area contributed by atoms with Gasteiger partial charge in [-0.2, -0.15) is 0 Å². The molecule has 0 heterocycles. The van der Waals surface area contributed by atoms with E-state index in [0.29, 0.717) is 0 Å². The van der Waals surface area contributed by atoms with Crippen LogP contribution in [0.3, 0.4) is 0 Å². The second kappa shape index (κ2) is 57.8. The quantitative estimate of drug-likeness (QED) is 0.422. The van der Waals surface area contributed by atoms with Crippen LogP contribution in [0.25, 0.3) is 0 Å². The van der Waals surface area contributed by atoms with Gasteiger partial charge in [0.1, 0.15) is 0 Å². The van der Waals surface area contributed by atoms with E-state index in [1.165, 1.54) is 0 Å². The Morgan fingerprint density at radius 1 is 0.700 bits per heavy atom. The molecule has 0 saturated heterocycles. The van der Waals surface area contributed by atoms with Crippen molar-refractivity contribution in [2.75, 3.05) is 19.8 Å². The molecule has 0 aliphatic rings. The maximum Gasteiger partial charge on any atom is 3.00 e. The Kier molecular flexibility index (Phi) is 130. The largest absolute Gasteiger partial charge is 3.00 e. The van der Waals surface area contributed by atoms with E-state index in [9.17, 15) is 0 Å². The zero-order chi connectivity index (χ0) is 8.12. The van der Waals surface area contributed by atoms with Crippen molar-refractivity contribution in [2.24, 2.45) is 0 Å². The maximum absolute atomic E-state index is 8.93. The minimum absolute atomic E-state index is 0. The van der Waals surface area contributed by atoms with Crippen LogP contribution in [-0.4, -0.2) is 19.8 Å². The van der Waals surface area contributed by atoms with Gasteiger partial charge in [0.2, 0.25) is 0 Å². The summed E-state index contributed by atoms with van der Waals surface area (Å²) in [6.45, 7) is 4.71. The van der Waals surface area contributed by atoms with Crippen LogP contribution in [0.1, 0.15) is 20.8 Å². The second-order valence-corrected chi connectivity index (χ2v) is 0.866. The summed E-state index contributed by atoms with van der Waals surface area (Å²) >= 11 is 0.